The maximum atomic E-state index is 13.1. The highest BCUT2D eigenvalue weighted by molar-refractivity contribution is 7.12. The molecule has 1 aliphatic rings. The van der Waals surface area contributed by atoms with Gasteiger partial charge in [-0.05, 0) is 30.2 Å². The molecule has 0 fully saturated rings. The summed E-state index contributed by atoms with van der Waals surface area (Å²) in [5, 5.41) is 7.58. The van der Waals surface area contributed by atoms with Crippen LogP contribution >= 0.6 is 11.3 Å². The number of ketones is 1. The smallest absolute Gasteiger partial charge is 0.211 e. The molecule has 0 radical (unpaired) electrons. The largest absolute Gasteiger partial charge is 0.497 e. The molecule has 144 valence electrons. The Bertz CT molecular complexity index is 1240. The van der Waals surface area contributed by atoms with E-state index in [2.05, 4.69) is 13.8 Å². The van der Waals surface area contributed by atoms with E-state index in [-0.39, 0.29) is 11.7 Å². The van der Waals surface area contributed by atoms with Gasteiger partial charge in [0.05, 0.1) is 29.8 Å². The second-order valence-electron chi connectivity index (χ2n) is 7.29. The van der Waals surface area contributed by atoms with Crippen molar-refractivity contribution < 1.29 is 9.53 Å². The van der Waals surface area contributed by atoms with E-state index in [0.717, 1.165) is 44.7 Å². The predicted molar refractivity (Wildman–Crippen MR) is 114 cm³/mol. The van der Waals surface area contributed by atoms with Gasteiger partial charge in [0, 0.05) is 22.1 Å². The topological polar surface area (TPSA) is 57.0 Å². The number of nitrogens with zero attached hydrogens (tertiary/aromatic N) is 3. The lowest BCUT2D eigenvalue weighted by Gasteiger charge is -2.04. The van der Waals surface area contributed by atoms with Crippen molar-refractivity contribution in [2.45, 2.75) is 19.8 Å². The minimum atomic E-state index is 0.0532. The van der Waals surface area contributed by atoms with Gasteiger partial charge in [0.2, 0.25) is 5.13 Å². The van der Waals surface area contributed by atoms with Crippen molar-refractivity contribution in [3.63, 3.8) is 0 Å². The van der Waals surface area contributed by atoms with E-state index in [4.69, 9.17) is 14.8 Å². The quantitative estimate of drug-likeness (QED) is 0.408. The van der Waals surface area contributed by atoms with Crippen LogP contribution in [0.3, 0.4) is 0 Å². The van der Waals surface area contributed by atoms with Gasteiger partial charge in [-0.15, -0.1) is 11.3 Å². The molecule has 2 aromatic heterocycles. The molecule has 0 bridgehead atoms. The maximum Gasteiger partial charge on any atom is 0.211 e. The Morgan fingerprint density at radius 1 is 1.03 bits per heavy atom. The first-order chi connectivity index (χ1) is 14.1. The Kier molecular flexibility index (Phi) is 4.10. The molecule has 2 aromatic carbocycles. The number of hydrogen-bond donors (Lipinski definition) is 0. The fourth-order valence-electron chi connectivity index (χ4n) is 3.73. The molecule has 0 saturated carbocycles. The Hall–Kier alpha value is -3.25. The van der Waals surface area contributed by atoms with E-state index in [0.29, 0.717) is 5.56 Å². The molecule has 0 saturated heterocycles. The first kappa shape index (κ1) is 17.8. The molecule has 0 spiro atoms. The van der Waals surface area contributed by atoms with Gasteiger partial charge in [0.15, 0.2) is 5.78 Å². The molecule has 5 nitrogen and oxygen atoms in total. The molecule has 4 aromatic rings. The Balaban J connectivity index is 1.65. The van der Waals surface area contributed by atoms with Crippen molar-refractivity contribution in [2.24, 2.45) is 0 Å². The number of ether oxygens (including phenoxy) is 1. The molecular weight excluding hydrogens is 382 g/mol. The van der Waals surface area contributed by atoms with Gasteiger partial charge in [-0.1, -0.05) is 38.1 Å². The molecule has 6 heteroatoms. The molecule has 5 rings (SSSR count). The normalized spacial score (nSPS) is 12.3. The second kappa shape index (κ2) is 6.67. The number of benzene rings is 2. The van der Waals surface area contributed by atoms with E-state index >= 15 is 0 Å². The van der Waals surface area contributed by atoms with Crippen LogP contribution in [0, 0.1) is 0 Å². The number of carbonyl (C=O) groups excluding carboxylic acids is 1. The summed E-state index contributed by atoms with van der Waals surface area (Å²) >= 11 is 1.52. The minimum absolute atomic E-state index is 0.0532. The first-order valence-electron chi connectivity index (χ1n) is 9.46. The van der Waals surface area contributed by atoms with E-state index in [1.165, 1.54) is 11.3 Å². The lowest BCUT2D eigenvalue weighted by Crippen LogP contribution is -2.03. The van der Waals surface area contributed by atoms with Crippen LogP contribution in [-0.2, 0) is 0 Å². The predicted octanol–water partition coefficient (Wildman–Crippen LogP) is 5.34. The number of carbonyl (C=O) groups is 1. The van der Waals surface area contributed by atoms with Crippen LogP contribution in [0.4, 0.5) is 0 Å². The summed E-state index contributed by atoms with van der Waals surface area (Å²) in [5.41, 5.74) is 5.93. The number of rotatable bonds is 4. The van der Waals surface area contributed by atoms with E-state index in [1.54, 1.807) is 7.11 Å². The molecule has 1 aliphatic carbocycles. The molecular formula is C23H19N3O2S. The van der Waals surface area contributed by atoms with Gasteiger partial charge in [0.25, 0.3) is 0 Å². The number of hydrogen-bond acceptors (Lipinski definition) is 5. The molecule has 0 amide bonds. The molecule has 0 unspecified atom stereocenters. The first-order valence-corrected chi connectivity index (χ1v) is 10.3. The van der Waals surface area contributed by atoms with Gasteiger partial charge < -0.3 is 4.74 Å². The zero-order chi connectivity index (χ0) is 20.1. The highest BCUT2D eigenvalue weighted by Crippen LogP contribution is 2.42. The standard InChI is InChI=1S/C23H19N3O2S/c1-13(2)20-19-21(16-6-4-5-7-17(16)22(19)27)26(25-20)23-24-18(12-29-23)14-8-10-15(28-3)11-9-14/h4-13H,1-3H3. The Morgan fingerprint density at radius 2 is 1.76 bits per heavy atom. The van der Waals surface area contributed by atoms with Crippen molar-refractivity contribution in [3.05, 3.63) is 70.7 Å². The summed E-state index contributed by atoms with van der Waals surface area (Å²) in [5.74, 6) is 1.01. The van der Waals surface area contributed by atoms with Crippen molar-refractivity contribution in [1.29, 1.82) is 0 Å². The molecule has 0 N–H and O–H groups in total. The minimum Gasteiger partial charge on any atom is -0.497 e. The Morgan fingerprint density at radius 3 is 2.45 bits per heavy atom. The van der Waals surface area contributed by atoms with Crippen LogP contribution in [-0.4, -0.2) is 27.7 Å². The van der Waals surface area contributed by atoms with Crippen LogP contribution in [0.15, 0.2) is 53.9 Å². The van der Waals surface area contributed by atoms with Crippen LogP contribution in [0.2, 0.25) is 0 Å². The SMILES string of the molecule is COc1ccc(-c2csc(-n3nc(C(C)C)c4c3-c3ccccc3C4=O)n2)cc1. The third-order valence-corrected chi connectivity index (χ3v) is 5.99. The van der Waals surface area contributed by atoms with Gasteiger partial charge >= 0.3 is 0 Å². The number of thiazole rings is 1. The van der Waals surface area contributed by atoms with E-state index < -0.39 is 0 Å². The number of aromatic nitrogens is 3. The van der Waals surface area contributed by atoms with Crippen molar-refractivity contribution in [2.75, 3.05) is 7.11 Å². The third kappa shape index (κ3) is 2.71. The highest BCUT2D eigenvalue weighted by atomic mass is 32.1. The zero-order valence-corrected chi connectivity index (χ0v) is 17.2. The van der Waals surface area contributed by atoms with Crippen LogP contribution in [0.1, 0.15) is 41.4 Å². The third-order valence-electron chi connectivity index (χ3n) is 5.17. The van der Waals surface area contributed by atoms with Crippen LogP contribution in [0.5, 0.6) is 5.75 Å². The number of methoxy groups -OCH3 is 1. The van der Waals surface area contributed by atoms with Gasteiger partial charge in [-0.25, -0.2) is 9.67 Å². The lowest BCUT2D eigenvalue weighted by molar-refractivity contribution is 0.104. The summed E-state index contributed by atoms with van der Waals surface area (Å²) in [4.78, 5) is 17.9. The zero-order valence-electron chi connectivity index (χ0n) is 16.3. The van der Waals surface area contributed by atoms with Gasteiger partial charge in [-0.2, -0.15) is 5.10 Å². The Labute approximate surface area is 172 Å². The molecule has 0 aliphatic heterocycles. The summed E-state index contributed by atoms with van der Waals surface area (Å²) in [6.45, 7) is 4.13. The van der Waals surface area contributed by atoms with Gasteiger partial charge in [0.1, 0.15) is 5.75 Å². The van der Waals surface area contributed by atoms with Gasteiger partial charge in [-0.3, -0.25) is 4.79 Å². The fraction of sp³-hybridized carbons (Fsp3) is 0.174. The summed E-state index contributed by atoms with van der Waals surface area (Å²) in [6.07, 6.45) is 0. The second-order valence-corrected chi connectivity index (χ2v) is 8.13. The summed E-state index contributed by atoms with van der Waals surface area (Å²) in [7, 11) is 1.65. The summed E-state index contributed by atoms with van der Waals surface area (Å²) < 4.78 is 7.07. The van der Waals surface area contributed by atoms with E-state index in [9.17, 15) is 4.79 Å². The highest BCUT2D eigenvalue weighted by Gasteiger charge is 2.36. The average molecular weight is 401 g/mol. The van der Waals surface area contributed by atoms with Crippen LogP contribution < -0.4 is 4.74 Å². The van der Waals surface area contributed by atoms with E-state index in [1.807, 2.05) is 58.6 Å². The monoisotopic (exact) mass is 401 g/mol. The van der Waals surface area contributed by atoms with Crippen molar-refractivity contribution in [3.8, 4) is 33.4 Å². The molecule has 29 heavy (non-hydrogen) atoms. The average Bonchev–Trinajstić information content (AvgIpc) is 3.44. The molecule has 2 heterocycles. The molecule has 0 atom stereocenters. The van der Waals surface area contributed by atoms with Crippen molar-refractivity contribution in [1.82, 2.24) is 14.8 Å². The van der Waals surface area contributed by atoms with Crippen molar-refractivity contribution >= 4 is 17.1 Å². The maximum absolute atomic E-state index is 13.1. The van der Waals surface area contributed by atoms with Crippen LogP contribution in [0.25, 0.3) is 27.6 Å². The number of fused-ring (bicyclic) bond motifs is 3. The lowest BCUT2D eigenvalue weighted by atomic mass is 10.0. The summed E-state index contributed by atoms with van der Waals surface area (Å²) in [6, 6.07) is 15.6. The fourth-order valence-corrected chi connectivity index (χ4v) is 4.52.